The van der Waals surface area contributed by atoms with Crippen LogP contribution < -0.4 is 10.6 Å². The van der Waals surface area contributed by atoms with Crippen LogP contribution in [0.15, 0.2) is 29.3 Å². The fourth-order valence-electron chi connectivity index (χ4n) is 2.19. The summed E-state index contributed by atoms with van der Waals surface area (Å²) in [5, 5.41) is 16.8. The van der Waals surface area contributed by atoms with Gasteiger partial charge in [-0.3, -0.25) is 0 Å². The van der Waals surface area contributed by atoms with Crippen LogP contribution in [0, 0.1) is 6.92 Å². The molecule has 0 spiro atoms. The van der Waals surface area contributed by atoms with Crippen LogP contribution in [0.2, 0.25) is 0 Å². The Kier molecular flexibility index (Phi) is 5.94. The minimum Gasteiger partial charge on any atom is -0.387 e. The molecule has 1 atom stereocenters. The fraction of sp³-hybridized carbons (Fsp3) is 0.562. The van der Waals surface area contributed by atoms with Crippen molar-refractivity contribution in [3.8, 4) is 0 Å². The summed E-state index contributed by atoms with van der Waals surface area (Å²) < 4.78 is 0. The maximum Gasteiger partial charge on any atom is 0.191 e. The zero-order valence-corrected chi connectivity index (χ0v) is 13.7. The van der Waals surface area contributed by atoms with Gasteiger partial charge >= 0.3 is 0 Å². The molecule has 0 saturated carbocycles. The highest BCUT2D eigenvalue weighted by Crippen LogP contribution is 2.26. The number of thioether (sulfide) groups is 1. The van der Waals surface area contributed by atoms with E-state index in [4.69, 9.17) is 0 Å². The lowest BCUT2D eigenvalue weighted by Gasteiger charge is -2.23. The summed E-state index contributed by atoms with van der Waals surface area (Å²) in [6.07, 6.45) is 0.849. The van der Waals surface area contributed by atoms with Crippen molar-refractivity contribution in [3.05, 3.63) is 35.4 Å². The van der Waals surface area contributed by atoms with Crippen molar-refractivity contribution in [1.82, 2.24) is 10.6 Å². The maximum absolute atomic E-state index is 10.4. The lowest BCUT2D eigenvalue weighted by atomic mass is 10.0. The molecule has 0 aliphatic carbocycles. The lowest BCUT2D eigenvalue weighted by molar-refractivity contribution is 0.0724. The molecule has 1 aromatic rings. The van der Waals surface area contributed by atoms with E-state index in [9.17, 15) is 5.11 Å². The van der Waals surface area contributed by atoms with Gasteiger partial charge in [0.25, 0.3) is 0 Å². The summed E-state index contributed by atoms with van der Waals surface area (Å²) in [5.74, 6) is 2.61. The van der Waals surface area contributed by atoms with Crippen molar-refractivity contribution in [3.63, 3.8) is 0 Å². The minimum atomic E-state index is -0.593. The third-order valence-electron chi connectivity index (χ3n) is 3.55. The maximum atomic E-state index is 10.4. The number of hydrogen-bond donors (Lipinski definition) is 3. The van der Waals surface area contributed by atoms with E-state index in [1.165, 1.54) is 11.1 Å². The summed E-state index contributed by atoms with van der Waals surface area (Å²) in [5.41, 5.74) is 1.85. The van der Waals surface area contributed by atoms with Gasteiger partial charge in [-0.05, 0) is 31.6 Å². The molecule has 0 bridgehead atoms. The van der Waals surface area contributed by atoms with Crippen LogP contribution in [-0.4, -0.2) is 41.3 Å². The molecule has 21 heavy (non-hydrogen) atoms. The number of aryl methyl sites for hydroxylation is 1. The Bertz CT molecular complexity index is 467. The van der Waals surface area contributed by atoms with Crippen molar-refractivity contribution < 1.29 is 5.11 Å². The van der Waals surface area contributed by atoms with Crippen LogP contribution in [0.3, 0.4) is 0 Å². The second-order valence-corrected chi connectivity index (χ2v) is 6.67. The molecule has 5 heteroatoms. The van der Waals surface area contributed by atoms with Gasteiger partial charge in [-0.25, -0.2) is 4.99 Å². The molecular formula is C16H25N3OS. The summed E-state index contributed by atoms with van der Waals surface area (Å²) in [4.78, 5) is 4.58. The Labute approximate surface area is 131 Å². The molecule has 0 amide bonds. The average Bonchev–Trinajstić information content (AvgIpc) is 2.91. The number of hydrogen-bond acceptors (Lipinski definition) is 3. The predicted molar refractivity (Wildman–Crippen MR) is 90.9 cm³/mol. The first-order chi connectivity index (χ1) is 10.1. The zero-order valence-electron chi connectivity index (χ0n) is 12.9. The van der Waals surface area contributed by atoms with E-state index < -0.39 is 5.60 Å². The minimum absolute atomic E-state index is 0.555. The largest absolute Gasteiger partial charge is 0.387 e. The number of aliphatic imine (C=N–C) groups is 1. The lowest BCUT2D eigenvalue weighted by Crippen LogP contribution is -2.47. The molecule has 1 aromatic carbocycles. The fourth-order valence-corrected chi connectivity index (χ4v) is 3.48. The van der Waals surface area contributed by atoms with E-state index >= 15 is 0 Å². The standard InChI is InChI=1S/C16H25N3OS/c1-3-17-15(19-11-16(20)8-9-21-12-16)18-10-14-6-4-13(2)5-7-14/h4-7,20H,3,8-12H2,1-2H3,(H2,17,18,19). The summed E-state index contributed by atoms with van der Waals surface area (Å²) in [7, 11) is 0. The Balaban J connectivity index is 1.90. The van der Waals surface area contributed by atoms with Crippen molar-refractivity contribution in [2.45, 2.75) is 32.4 Å². The third-order valence-corrected chi connectivity index (χ3v) is 4.79. The molecule has 1 saturated heterocycles. The molecule has 116 valence electrons. The second kappa shape index (κ2) is 7.71. The molecule has 1 fully saturated rings. The van der Waals surface area contributed by atoms with E-state index in [0.29, 0.717) is 13.1 Å². The molecule has 1 heterocycles. The molecule has 1 unspecified atom stereocenters. The highest BCUT2D eigenvalue weighted by Gasteiger charge is 2.31. The Morgan fingerprint density at radius 1 is 1.33 bits per heavy atom. The van der Waals surface area contributed by atoms with E-state index in [0.717, 1.165) is 30.4 Å². The van der Waals surface area contributed by atoms with Crippen LogP contribution in [0.4, 0.5) is 0 Å². The van der Waals surface area contributed by atoms with Gasteiger partial charge in [0.15, 0.2) is 5.96 Å². The van der Waals surface area contributed by atoms with Gasteiger partial charge in [0.1, 0.15) is 0 Å². The Hall–Kier alpha value is -1.20. The number of aliphatic hydroxyl groups is 1. The van der Waals surface area contributed by atoms with Crippen LogP contribution in [0.5, 0.6) is 0 Å². The Morgan fingerprint density at radius 2 is 2.10 bits per heavy atom. The van der Waals surface area contributed by atoms with Crippen molar-refractivity contribution in [1.29, 1.82) is 0 Å². The van der Waals surface area contributed by atoms with Gasteiger partial charge in [-0.2, -0.15) is 11.8 Å². The number of benzene rings is 1. The van der Waals surface area contributed by atoms with Gasteiger partial charge < -0.3 is 15.7 Å². The molecule has 3 N–H and O–H groups in total. The first-order valence-corrected chi connectivity index (χ1v) is 8.65. The third kappa shape index (κ3) is 5.25. The van der Waals surface area contributed by atoms with Crippen LogP contribution in [-0.2, 0) is 6.54 Å². The van der Waals surface area contributed by atoms with E-state index in [1.54, 1.807) is 0 Å². The number of guanidine groups is 1. The normalized spacial score (nSPS) is 22.3. The first-order valence-electron chi connectivity index (χ1n) is 7.49. The predicted octanol–water partition coefficient (Wildman–Crippen LogP) is 1.92. The first kappa shape index (κ1) is 16.2. The van der Waals surface area contributed by atoms with Crippen LogP contribution in [0.25, 0.3) is 0 Å². The number of rotatable bonds is 5. The van der Waals surface area contributed by atoms with Crippen molar-refractivity contribution in [2.75, 3.05) is 24.6 Å². The number of nitrogens with zero attached hydrogens (tertiary/aromatic N) is 1. The van der Waals surface area contributed by atoms with Gasteiger partial charge in [-0.15, -0.1) is 0 Å². The second-order valence-electron chi connectivity index (χ2n) is 5.56. The monoisotopic (exact) mass is 307 g/mol. The zero-order chi connectivity index (χ0) is 15.1. The molecule has 0 radical (unpaired) electrons. The van der Waals surface area contributed by atoms with Crippen LogP contribution >= 0.6 is 11.8 Å². The summed E-state index contributed by atoms with van der Waals surface area (Å²) >= 11 is 1.81. The molecule has 4 nitrogen and oxygen atoms in total. The highest BCUT2D eigenvalue weighted by atomic mass is 32.2. The Morgan fingerprint density at radius 3 is 2.71 bits per heavy atom. The van der Waals surface area contributed by atoms with E-state index in [2.05, 4.69) is 46.8 Å². The number of nitrogens with one attached hydrogen (secondary N) is 2. The van der Waals surface area contributed by atoms with Gasteiger partial charge in [0.05, 0.1) is 12.1 Å². The van der Waals surface area contributed by atoms with Gasteiger partial charge in [0, 0.05) is 18.8 Å². The van der Waals surface area contributed by atoms with E-state index in [-0.39, 0.29) is 0 Å². The quantitative estimate of drug-likeness (QED) is 0.575. The molecule has 1 aliphatic rings. The average molecular weight is 307 g/mol. The summed E-state index contributed by atoms with van der Waals surface area (Å²) in [6.45, 7) is 6.14. The molecular weight excluding hydrogens is 282 g/mol. The van der Waals surface area contributed by atoms with Gasteiger partial charge in [-0.1, -0.05) is 29.8 Å². The highest BCUT2D eigenvalue weighted by molar-refractivity contribution is 7.99. The van der Waals surface area contributed by atoms with E-state index in [1.807, 2.05) is 18.7 Å². The molecule has 2 rings (SSSR count). The summed E-state index contributed by atoms with van der Waals surface area (Å²) in [6, 6.07) is 8.40. The van der Waals surface area contributed by atoms with Crippen molar-refractivity contribution in [2.24, 2.45) is 4.99 Å². The SMILES string of the molecule is CCNC(=NCc1ccc(C)cc1)NCC1(O)CCSC1. The molecule has 0 aromatic heterocycles. The smallest absolute Gasteiger partial charge is 0.191 e. The van der Waals surface area contributed by atoms with Gasteiger partial charge in [0.2, 0.25) is 0 Å². The topological polar surface area (TPSA) is 56.7 Å². The van der Waals surface area contributed by atoms with Crippen molar-refractivity contribution >= 4 is 17.7 Å². The molecule has 1 aliphatic heterocycles. The van der Waals surface area contributed by atoms with Crippen LogP contribution in [0.1, 0.15) is 24.5 Å².